The fourth-order valence-electron chi connectivity index (χ4n) is 1.71. The summed E-state index contributed by atoms with van der Waals surface area (Å²) in [6, 6.07) is 9.91. The van der Waals surface area contributed by atoms with Crippen molar-refractivity contribution in [3.8, 4) is 0 Å². The predicted octanol–water partition coefficient (Wildman–Crippen LogP) is 1.44. The Morgan fingerprint density at radius 2 is 2.07 bits per heavy atom. The van der Waals surface area contributed by atoms with Crippen LogP contribution in [0.1, 0.15) is 18.9 Å². The van der Waals surface area contributed by atoms with Crippen molar-refractivity contribution in [1.82, 2.24) is 5.06 Å². The Hall–Kier alpha value is -1.55. The summed E-state index contributed by atoms with van der Waals surface area (Å²) < 4.78 is 0. The molecule has 1 aliphatic heterocycles. The molecule has 1 aromatic carbocycles. The molecule has 1 heterocycles. The van der Waals surface area contributed by atoms with Crippen LogP contribution in [-0.2, 0) is 10.6 Å². The van der Waals surface area contributed by atoms with Crippen molar-refractivity contribution in [1.29, 1.82) is 0 Å². The van der Waals surface area contributed by atoms with Crippen LogP contribution in [0.3, 0.4) is 0 Å². The van der Waals surface area contributed by atoms with E-state index in [0.29, 0.717) is 5.96 Å². The molecule has 1 unspecified atom stereocenters. The van der Waals surface area contributed by atoms with Crippen LogP contribution in [0.15, 0.2) is 35.3 Å². The minimum atomic E-state index is -0.639. The van der Waals surface area contributed by atoms with Crippen molar-refractivity contribution in [2.45, 2.75) is 19.1 Å². The number of aliphatic imine (C=N–C) groups is 1. The Labute approximate surface area is 89.3 Å². The number of rotatable bonds is 2. The molecule has 80 valence electrons. The molecular weight excluding hydrogens is 190 g/mol. The summed E-state index contributed by atoms with van der Waals surface area (Å²) in [4.78, 5) is 10.1. The van der Waals surface area contributed by atoms with Crippen molar-refractivity contribution in [3.05, 3.63) is 35.9 Å². The highest BCUT2D eigenvalue weighted by Gasteiger charge is 2.39. The molecule has 0 radical (unpaired) electrons. The Bertz CT molecular complexity index is 377. The Morgan fingerprint density at radius 3 is 2.53 bits per heavy atom. The number of nitrogens with two attached hydrogens (primary N) is 1. The second kappa shape index (κ2) is 3.55. The van der Waals surface area contributed by atoms with E-state index in [9.17, 15) is 0 Å². The van der Waals surface area contributed by atoms with Gasteiger partial charge in [0.2, 0.25) is 11.7 Å². The predicted molar refractivity (Wildman–Crippen MR) is 58.9 cm³/mol. The molecule has 1 atom stereocenters. The lowest BCUT2D eigenvalue weighted by Gasteiger charge is -2.24. The molecule has 2 N–H and O–H groups in total. The van der Waals surface area contributed by atoms with E-state index in [0.717, 1.165) is 12.0 Å². The highest BCUT2D eigenvalue weighted by atomic mass is 16.7. The summed E-state index contributed by atoms with van der Waals surface area (Å²) in [5.74, 6) is 0.417. The molecule has 0 saturated carbocycles. The van der Waals surface area contributed by atoms with Crippen LogP contribution >= 0.6 is 0 Å². The maximum absolute atomic E-state index is 5.72. The third kappa shape index (κ3) is 1.57. The molecule has 15 heavy (non-hydrogen) atoms. The Morgan fingerprint density at radius 1 is 1.40 bits per heavy atom. The molecule has 4 heteroatoms. The van der Waals surface area contributed by atoms with Crippen LogP contribution in [0.5, 0.6) is 0 Å². The van der Waals surface area contributed by atoms with Crippen molar-refractivity contribution in [2.75, 3.05) is 7.05 Å². The first-order valence-corrected chi connectivity index (χ1v) is 5.01. The van der Waals surface area contributed by atoms with Gasteiger partial charge in [0.15, 0.2) is 0 Å². The van der Waals surface area contributed by atoms with E-state index in [1.807, 2.05) is 37.3 Å². The molecule has 0 fully saturated rings. The van der Waals surface area contributed by atoms with Crippen LogP contribution in [-0.4, -0.2) is 18.1 Å². The van der Waals surface area contributed by atoms with Gasteiger partial charge < -0.3 is 5.73 Å². The van der Waals surface area contributed by atoms with E-state index < -0.39 is 5.72 Å². The molecule has 0 amide bonds. The van der Waals surface area contributed by atoms with E-state index in [-0.39, 0.29) is 0 Å². The minimum absolute atomic E-state index is 0.417. The summed E-state index contributed by atoms with van der Waals surface area (Å²) in [6.07, 6.45) is 0.752. The second-order valence-electron chi connectivity index (χ2n) is 3.56. The minimum Gasteiger partial charge on any atom is -0.368 e. The number of benzene rings is 1. The molecule has 0 aliphatic carbocycles. The smallest absolute Gasteiger partial charge is 0.218 e. The van der Waals surface area contributed by atoms with Gasteiger partial charge in [-0.25, -0.2) is 14.9 Å². The molecule has 4 nitrogen and oxygen atoms in total. The van der Waals surface area contributed by atoms with Gasteiger partial charge in [0.05, 0.1) is 0 Å². The molecule has 0 aromatic heterocycles. The van der Waals surface area contributed by atoms with Gasteiger partial charge in [0.25, 0.3) is 0 Å². The van der Waals surface area contributed by atoms with Crippen LogP contribution in [0, 0.1) is 0 Å². The summed E-state index contributed by atoms with van der Waals surface area (Å²) in [6.45, 7) is 2.03. The lowest BCUT2D eigenvalue weighted by molar-refractivity contribution is -0.174. The van der Waals surface area contributed by atoms with Crippen molar-refractivity contribution in [3.63, 3.8) is 0 Å². The van der Waals surface area contributed by atoms with Crippen LogP contribution < -0.4 is 5.73 Å². The van der Waals surface area contributed by atoms with Gasteiger partial charge in [0.1, 0.15) is 0 Å². The summed E-state index contributed by atoms with van der Waals surface area (Å²) >= 11 is 0. The molecule has 0 bridgehead atoms. The van der Waals surface area contributed by atoms with E-state index in [4.69, 9.17) is 10.6 Å². The average Bonchev–Trinajstić information content (AvgIpc) is 2.57. The molecular formula is C11H15N3O. The number of hydrogen-bond acceptors (Lipinski definition) is 4. The summed E-state index contributed by atoms with van der Waals surface area (Å²) in [5, 5.41) is 1.51. The molecule has 1 aliphatic rings. The first kappa shape index (κ1) is 9.98. The molecule has 2 rings (SSSR count). The lowest BCUT2D eigenvalue weighted by Crippen LogP contribution is -2.31. The van der Waals surface area contributed by atoms with Crippen molar-refractivity contribution in [2.24, 2.45) is 10.7 Å². The highest BCUT2D eigenvalue weighted by molar-refractivity contribution is 5.78. The Kier molecular flexibility index (Phi) is 2.36. The highest BCUT2D eigenvalue weighted by Crippen LogP contribution is 2.35. The lowest BCUT2D eigenvalue weighted by atomic mass is 10.0. The summed E-state index contributed by atoms with van der Waals surface area (Å²) in [7, 11) is 1.76. The normalized spacial score (nSPS) is 25.5. The monoisotopic (exact) mass is 205 g/mol. The first-order chi connectivity index (χ1) is 7.18. The van der Waals surface area contributed by atoms with Gasteiger partial charge in [0, 0.05) is 19.0 Å². The van der Waals surface area contributed by atoms with Crippen molar-refractivity contribution < 1.29 is 4.84 Å². The zero-order valence-corrected chi connectivity index (χ0v) is 8.97. The third-order valence-electron chi connectivity index (χ3n) is 2.61. The largest absolute Gasteiger partial charge is 0.368 e. The zero-order valence-electron chi connectivity index (χ0n) is 8.97. The maximum Gasteiger partial charge on any atom is 0.218 e. The van der Waals surface area contributed by atoms with Gasteiger partial charge >= 0.3 is 0 Å². The van der Waals surface area contributed by atoms with E-state index in [2.05, 4.69) is 4.99 Å². The van der Waals surface area contributed by atoms with Crippen LogP contribution in [0.2, 0.25) is 0 Å². The standard InChI is InChI=1S/C11H15N3O/c1-3-11(9-7-5-4-6-8-9)13-10(12)14(2)15-11/h4-8H,3H2,1-2H3,(H2,12,13). The maximum atomic E-state index is 5.72. The van der Waals surface area contributed by atoms with Gasteiger partial charge in [-0.05, 0) is 0 Å². The van der Waals surface area contributed by atoms with E-state index in [1.165, 1.54) is 5.06 Å². The number of hydrogen-bond donors (Lipinski definition) is 1. The molecule has 0 spiro atoms. The fourth-order valence-corrected chi connectivity index (χ4v) is 1.71. The number of nitrogens with zero attached hydrogens (tertiary/aromatic N) is 2. The SMILES string of the molecule is CCC1(c2ccccc2)N=C(N)N(C)O1. The van der Waals surface area contributed by atoms with E-state index in [1.54, 1.807) is 7.05 Å². The first-order valence-electron chi connectivity index (χ1n) is 5.01. The zero-order chi connectivity index (χ0) is 10.9. The van der Waals surface area contributed by atoms with Gasteiger partial charge in [-0.3, -0.25) is 0 Å². The Balaban J connectivity index is 2.41. The third-order valence-corrected chi connectivity index (χ3v) is 2.61. The van der Waals surface area contributed by atoms with Crippen LogP contribution in [0.25, 0.3) is 0 Å². The molecule has 0 saturated heterocycles. The quantitative estimate of drug-likeness (QED) is 0.794. The number of guanidine groups is 1. The summed E-state index contributed by atoms with van der Waals surface area (Å²) in [5.41, 5.74) is 6.11. The molecule has 1 aromatic rings. The van der Waals surface area contributed by atoms with E-state index >= 15 is 0 Å². The average molecular weight is 205 g/mol. The van der Waals surface area contributed by atoms with Gasteiger partial charge in [-0.2, -0.15) is 0 Å². The topological polar surface area (TPSA) is 50.8 Å². The van der Waals surface area contributed by atoms with Crippen molar-refractivity contribution >= 4 is 5.96 Å². The van der Waals surface area contributed by atoms with Gasteiger partial charge in [-0.15, -0.1) is 0 Å². The second-order valence-corrected chi connectivity index (χ2v) is 3.56. The number of hydroxylamine groups is 2. The fraction of sp³-hybridized carbons (Fsp3) is 0.364. The van der Waals surface area contributed by atoms with Crippen LogP contribution in [0.4, 0.5) is 0 Å². The van der Waals surface area contributed by atoms with Gasteiger partial charge in [-0.1, -0.05) is 37.3 Å².